The van der Waals surface area contributed by atoms with E-state index in [0.29, 0.717) is 25.5 Å². The molecule has 0 saturated carbocycles. The van der Waals surface area contributed by atoms with Crippen molar-refractivity contribution in [2.24, 2.45) is 0 Å². The summed E-state index contributed by atoms with van der Waals surface area (Å²) in [4.78, 5) is 26.3. The highest BCUT2D eigenvalue weighted by Crippen LogP contribution is 2.38. The molecule has 1 N–H and O–H groups in total. The number of halogens is 2. The Labute approximate surface area is 167 Å². The first-order valence-electron chi connectivity index (χ1n) is 7.46. The minimum Gasteiger partial charge on any atom is -0.503 e. The van der Waals surface area contributed by atoms with Gasteiger partial charge < -0.3 is 9.84 Å². The van der Waals surface area contributed by atoms with Crippen LogP contribution in [0.5, 0.6) is 11.5 Å². The molecule has 0 aromatic heterocycles. The van der Waals surface area contributed by atoms with Gasteiger partial charge in [-0.15, -0.1) is 0 Å². The maximum Gasteiger partial charge on any atom is 0.293 e. The molecule has 0 radical (unpaired) electrons. The highest BCUT2D eigenvalue weighted by atomic mass is 79.9. The molecule has 2 amide bonds. The predicted octanol–water partition coefficient (Wildman–Crippen LogP) is 5.05. The van der Waals surface area contributed by atoms with Crippen LogP contribution < -0.4 is 4.74 Å². The van der Waals surface area contributed by atoms with Gasteiger partial charge in [0.25, 0.3) is 11.1 Å². The Hall–Kier alpha value is -1.96. The number of phenolic OH excluding ortho intramolecular Hbond substituents is 1. The molecule has 3 rings (SSSR count). The summed E-state index contributed by atoms with van der Waals surface area (Å²) in [7, 11) is 1.43. The molecule has 0 spiro atoms. The van der Waals surface area contributed by atoms with Crippen LogP contribution in [0.25, 0.3) is 6.08 Å². The fourth-order valence-electron chi connectivity index (χ4n) is 2.42. The number of amides is 2. The standard InChI is InChI=1S/C18H13BrClNO4S/c1-25-14-7-10(6-12(19)16(14)22)8-15-17(23)21(18(24)26-15)9-11-4-2-3-5-13(11)20/h2-8,22H,9H2,1H3/b15-8-. The van der Waals surface area contributed by atoms with E-state index < -0.39 is 0 Å². The van der Waals surface area contributed by atoms with Crippen molar-refractivity contribution in [2.75, 3.05) is 7.11 Å². The number of imide groups is 1. The average Bonchev–Trinajstić information content (AvgIpc) is 2.87. The van der Waals surface area contributed by atoms with E-state index in [9.17, 15) is 14.7 Å². The smallest absolute Gasteiger partial charge is 0.293 e. The second-order valence-corrected chi connectivity index (χ2v) is 7.67. The predicted molar refractivity (Wildman–Crippen MR) is 105 cm³/mol. The molecule has 2 aromatic rings. The Kier molecular flexibility index (Phi) is 5.60. The van der Waals surface area contributed by atoms with Gasteiger partial charge in [-0.1, -0.05) is 29.8 Å². The van der Waals surface area contributed by atoms with Crippen LogP contribution >= 0.6 is 39.3 Å². The topological polar surface area (TPSA) is 66.8 Å². The number of benzene rings is 2. The van der Waals surface area contributed by atoms with Crippen LogP contribution in [0, 0.1) is 0 Å². The summed E-state index contributed by atoms with van der Waals surface area (Å²) < 4.78 is 5.53. The van der Waals surface area contributed by atoms with Crippen LogP contribution in [-0.2, 0) is 11.3 Å². The van der Waals surface area contributed by atoms with E-state index in [4.69, 9.17) is 16.3 Å². The summed E-state index contributed by atoms with van der Waals surface area (Å²) in [6, 6.07) is 10.3. The van der Waals surface area contributed by atoms with E-state index in [1.807, 2.05) is 0 Å². The number of rotatable bonds is 4. The monoisotopic (exact) mass is 453 g/mol. The van der Waals surface area contributed by atoms with Crippen molar-refractivity contribution >= 4 is 56.5 Å². The van der Waals surface area contributed by atoms with Crippen molar-refractivity contribution in [1.29, 1.82) is 0 Å². The third-order valence-corrected chi connectivity index (χ3v) is 5.61. The van der Waals surface area contributed by atoms with Crippen LogP contribution in [0.2, 0.25) is 5.02 Å². The molecule has 0 atom stereocenters. The zero-order valence-electron chi connectivity index (χ0n) is 13.5. The molecule has 1 saturated heterocycles. The van der Waals surface area contributed by atoms with Crippen molar-refractivity contribution in [3.8, 4) is 11.5 Å². The van der Waals surface area contributed by atoms with Gasteiger partial charge in [-0.2, -0.15) is 0 Å². The van der Waals surface area contributed by atoms with E-state index in [1.165, 1.54) is 7.11 Å². The van der Waals surface area contributed by atoms with Crippen LogP contribution in [0.4, 0.5) is 4.79 Å². The summed E-state index contributed by atoms with van der Waals surface area (Å²) in [5.74, 6) is -0.152. The lowest BCUT2D eigenvalue weighted by Gasteiger charge is -2.13. The lowest BCUT2D eigenvalue weighted by atomic mass is 10.1. The first-order valence-corrected chi connectivity index (χ1v) is 9.44. The quantitative estimate of drug-likeness (QED) is 0.655. The van der Waals surface area contributed by atoms with Crippen molar-refractivity contribution in [1.82, 2.24) is 4.90 Å². The zero-order chi connectivity index (χ0) is 18.8. The molecule has 1 fully saturated rings. The Bertz CT molecular complexity index is 931. The number of carbonyl (C=O) groups is 2. The van der Waals surface area contributed by atoms with Crippen LogP contribution in [-0.4, -0.2) is 28.3 Å². The fourth-order valence-corrected chi connectivity index (χ4v) is 3.91. The number of phenols is 1. The summed E-state index contributed by atoms with van der Waals surface area (Å²) in [6.07, 6.45) is 1.59. The molecular formula is C18H13BrClNO4S. The number of hydrogen-bond donors (Lipinski definition) is 1. The van der Waals surface area contributed by atoms with Gasteiger partial charge in [-0.3, -0.25) is 14.5 Å². The molecule has 5 nitrogen and oxygen atoms in total. The average molecular weight is 455 g/mol. The number of nitrogens with zero attached hydrogens (tertiary/aromatic N) is 1. The molecule has 0 unspecified atom stereocenters. The molecule has 134 valence electrons. The number of thioether (sulfide) groups is 1. The molecule has 2 aromatic carbocycles. The number of ether oxygens (including phenoxy) is 1. The summed E-state index contributed by atoms with van der Waals surface area (Å²) in [6.45, 7) is 0.115. The van der Waals surface area contributed by atoms with E-state index in [-0.39, 0.29) is 29.2 Å². The molecule has 1 aliphatic rings. The normalized spacial score (nSPS) is 15.8. The SMILES string of the molecule is COc1cc(/C=C2\SC(=O)N(Cc3ccccc3Cl)C2=O)cc(Br)c1O. The van der Waals surface area contributed by atoms with E-state index in [1.54, 1.807) is 42.5 Å². The molecule has 0 bridgehead atoms. The highest BCUT2D eigenvalue weighted by Gasteiger charge is 2.35. The first kappa shape index (κ1) is 18.8. The second-order valence-electron chi connectivity index (χ2n) is 5.41. The maximum absolute atomic E-state index is 12.6. The minimum atomic E-state index is -0.386. The van der Waals surface area contributed by atoms with Gasteiger partial charge in [0, 0.05) is 5.02 Å². The van der Waals surface area contributed by atoms with Crippen molar-refractivity contribution < 1.29 is 19.4 Å². The first-order chi connectivity index (χ1) is 12.4. The summed E-state index contributed by atoms with van der Waals surface area (Å²) >= 11 is 10.2. The Morgan fingerprint density at radius 3 is 2.73 bits per heavy atom. The third-order valence-electron chi connectivity index (χ3n) is 3.73. The lowest BCUT2D eigenvalue weighted by molar-refractivity contribution is -0.123. The second kappa shape index (κ2) is 7.73. The third kappa shape index (κ3) is 3.75. The van der Waals surface area contributed by atoms with E-state index in [2.05, 4.69) is 15.9 Å². The van der Waals surface area contributed by atoms with Crippen LogP contribution in [0.3, 0.4) is 0 Å². The van der Waals surface area contributed by atoms with Gasteiger partial charge in [-0.25, -0.2) is 0 Å². The van der Waals surface area contributed by atoms with Crippen molar-refractivity contribution in [2.45, 2.75) is 6.54 Å². The Balaban J connectivity index is 1.88. The van der Waals surface area contributed by atoms with Gasteiger partial charge in [-0.05, 0) is 63.1 Å². The number of methoxy groups -OCH3 is 1. The lowest BCUT2D eigenvalue weighted by Crippen LogP contribution is -2.27. The van der Waals surface area contributed by atoms with Crippen LogP contribution in [0.1, 0.15) is 11.1 Å². The highest BCUT2D eigenvalue weighted by molar-refractivity contribution is 9.10. The number of hydrogen-bond acceptors (Lipinski definition) is 5. The molecule has 0 aliphatic carbocycles. The van der Waals surface area contributed by atoms with Gasteiger partial charge in [0.1, 0.15) is 0 Å². The largest absolute Gasteiger partial charge is 0.503 e. The minimum absolute atomic E-state index is 0.0310. The molecule has 1 heterocycles. The Morgan fingerprint density at radius 1 is 1.31 bits per heavy atom. The van der Waals surface area contributed by atoms with Gasteiger partial charge >= 0.3 is 0 Å². The number of aromatic hydroxyl groups is 1. The molecule has 1 aliphatic heterocycles. The van der Waals surface area contributed by atoms with Crippen LogP contribution in [0.15, 0.2) is 45.8 Å². The zero-order valence-corrected chi connectivity index (χ0v) is 16.7. The summed E-state index contributed by atoms with van der Waals surface area (Å²) in [5, 5.41) is 10.0. The van der Waals surface area contributed by atoms with Gasteiger partial charge in [0.2, 0.25) is 0 Å². The Morgan fingerprint density at radius 2 is 2.04 bits per heavy atom. The van der Waals surface area contributed by atoms with Gasteiger partial charge in [0.15, 0.2) is 11.5 Å². The molecule has 26 heavy (non-hydrogen) atoms. The fraction of sp³-hybridized carbons (Fsp3) is 0.111. The van der Waals surface area contributed by atoms with E-state index in [0.717, 1.165) is 16.7 Å². The summed E-state index contributed by atoms with van der Waals surface area (Å²) in [5.41, 5.74) is 1.32. The van der Waals surface area contributed by atoms with Crippen molar-refractivity contribution in [3.05, 3.63) is 61.9 Å². The van der Waals surface area contributed by atoms with Crippen molar-refractivity contribution in [3.63, 3.8) is 0 Å². The molecule has 8 heteroatoms. The number of carbonyl (C=O) groups excluding carboxylic acids is 2. The maximum atomic E-state index is 12.6. The van der Waals surface area contributed by atoms with E-state index >= 15 is 0 Å². The van der Waals surface area contributed by atoms with Gasteiger partial charge in [0.05, 0.1) is 23.0 Å². The molecular weight excluding hydrogens is 442 g/mol.